The van der Waals surface area contributed by atoms with Crippen molar-refractivity contribution >= 4 is 22.2 Å². The number of nitriles is 1. The van der Waals surface area contributed by atoms with Crippen LogP contribution in [0, 0.1) is 11.3 Å². The molecule has 0 amide bonds. The Morgan fingerprint density at radius 2 is 2.13 bits per heavy atom. The van der Waals surface area contributed by atoms with E-state index in [4.69, 9.17) is 10.5 Å². The number of nitrogens with zero attached hydrogens (tertiary/aromatic N) is 1. The summed E-state index contributed by atoms with van der Waals surface area (Å²) >= 11 is 1.51. The van der Waals surface area contributed by atoms with Crippen molar-refractivity contribution in [2.45, 2.75) is 5.92 Å². The monoisotopic (exact) mass is 321 g/mol. The Hall–Kier alpha value is -3.04. The number of ether oxygens (including phenoxy) is 1. The van der Waals surface area contributed by atoms with Crippen LogP contribution in [-0.2, 0) is 0 Å². The topological polar surface area (TPSA) is 91.9 Å². The second kappa shape index (κ2) is 5.00. The molecule has 0 spiro atoms. The average Bonchev–Trinajstić information content (AvgIpc) is 3.08. The second-order valence-electron chi connectivity index (χ2n) is 5.22. The number of thiophene rings is 1. The molecule has 0 bridgehead atoms. The highest BCUT2D eigenvalue weighted by Gasteiger charge is 2.34. The van der Waals surface area contributed by atoms with Gasteiger partial charge in [0, 0.05) is 5.39 Å². The molecule has 112 valence electrons. The van der Waals surface area contributed by atoms with Gasteiger partial charge >= 0.3 is 0 Å². The fourth-order valence-corrected chi connectivity index (χ4v) is 3.63. The number of rotatable bonds is 1. The van der Waals surface area contributed by atoms with Crippen molar-refractivity contribution in [1.82, 2.24) is 4.98 Å². The normalized spacial score (nSPS) is 16.7. The number of hydrogen-bond acceptors (Lipinski definition) is 5. The highest BCUT2D eigenvalue weighted by Crippen LogP contribution is 2.43. The zero-order valence-corrected chi connectivity index (χ0v) is 12.7. The van der Waals surface area contributed by atoms with E-state index in [2.05, 4.69) is 11.1 Å². The Morgan fingerprint density at radius 1 is 1.30 bits per heavy atom. The van der Waals surface area contributed by atoms with Gasteiger partial charge in [-0.2, -0.15) is 16.6 Å². The van der Waals surface area contributed by atoms with Crippen molar-refractivity contribution in [2.75, 3.05) is 0 Å². The van der Waals surface area contributed by atoms with Crippen LogP contribution >= 0.6 is 11.3 Å². The standard InChI is InChI=1S/C17H11N3O2S/c18-7-11-13(9-5-6-23-8-9)14-15(22-16(11)19)10-3-1-2-4-12(10)20-17(14)21/h1-6,8,13H,19H2,(H,20,21). The molecule has 5 nitrogen and oxygen atoms in total. The number of aromatic nitrogens is 1. The van der Waals surface area contributed by atoms with Crippen molar-refractivity contribution in [3.05, 3.63) is 74.0 Å². The van der Waals surface area contributed by atoms with Crippen molar-refractivity contribution < 1.29 is 4.74 Å². The van der Waals surface area contributed by atoms with Crippen LogP contribution < -0.4 is 16.0 Å². The molecule has 1 aromatic carbocycles. The first kappa shape index (κ1) is 13.6. The van der Waals surface area contributed by atoms with Crippen LogP contribution in [-0.4, -0.2) is 4.98 Å². The minimum atomic E-state index is -0.511. The maximum absolute atomic E-state index is 12.6. The Labute approximate surface area is 135 Å². The van der Waals surface area contributed by atoms with E-state index >= 15 is 0 Å². The molecular formula is C17H11N3O2S. The molecule has 1 atom stereocenters. The molecule has 0 saturated carbocycles. The van der Waals surface area contributed by atoms with E-state index in [0.29, 0.717) is 16.8 Å². The number of fused-ring (bicyclic) bond motifs is 3. The maximum atomic E-state index is 12.6. The molecular weight excluding hydrogens is 310 g/mol. The number of H-pyrrole nitrogens is 1. The van der Waals surface area contributed by atoms with E-state index in [9.17, 15) is 10.1 Å². The summed E-state index contributed by atoms with van der Waals surface area (Å²) in [5.41, 5.74) is 7.92. The van der Waals surface area contributed by atoms with E-state index in [0.717, 1.165) is 10.9 Å². The summed E-state index contributed by atoms with van der Waals surface area (Å²) in [6.07, 6.45) is 0. The summed E-state index contributed by atoms with van der Waals surface area (Å²) in [7, 11) is 0. The van der Waals surface area contributed by atoms with E-state index < -0.39 is 5.92 Å². The lowest BCUT2D eigenvalue weighted by molar-refractivity contribution is 0.397. The van der Waals surface area contributed by atoms with Crippen LogP contribution in [0.3, 0.4) is 0 Å². The number of allylic oxidation sites excluding steroid dienone is 1. The van der Waals surface area contributed by atoms with Crippen LogP contribution in [0.1, 0.15) is 17.0 Å². The highest BCUT2D eigenvalue weighted by molar-refractivity contribution is 7.08. The van der Waals surface area contributed by atoms with Crippen LogP contribution in [0.4, 0.5) is 0 Å². The number of para-hydroxylation sites is 1. The van der Waals surface area contributed by atoms with Crippen LogP contribution in [0.5, 0.6) is 5.75 Å². The van der Waals surface area contributed by atoms with Crippen molar-refractivity contribution in [1.29, 1.82) is 5.26 Å². The summed E-state index contributed by atoms with van der Waals surface area (Å²) in [6.45, 7) is 0. The average molecular weight is 321 g/mol. The summed E-state index contributed by atoms with van der Waals surface area (Å²) in [4.78, 5) is 15.5. The number of aromatic amines is 1. The Morgan fingerprint density at radius 3 is 2.87 bits per heavy atom. The van der Waals surface area contributed by atoms with Gasteiger partial charge in [-0.3, -0.25) is 4.79 Å². The summed E-state index contributed by atoms with van der Waals surface area (Å²) in [6, 6.07) is 11.3. The smallest absolute Gasteiger partial charge is 0.256 e. The zero-order valence-electron chi connectivity index (χ0n) is 11.9. The molecule has 1 aliphatic heterocycles. The van der Waals surface area contributed by atoms with Gasteiger partial charge in [0.1, 0.15) is 17.4 Å². The third-order valence-corrected chi connectivity index (χ3v) is 4.66. The molecule has 3 N–H and O–H groups in total. The van der Waals surface area contributed by atoms with Gasteiger partial charge in [-0.05, 0) is 34.5 Å². The fraction of sp³-hybridized carbons (Fsp3) is 0.0588. The van der Waals surface area contributed by atoms with Gasteiger partial charge in [0.15, 0.2) is 0 Å². The lowest BCUT2D eigenvalue weighted by atomic mass is 9.85. The summed E-state index contributed by atoms with van der Waals surface area (Å²) < 4.78 is 5.68. The first-order valence-corrected chi connectivity index (χ1v) is 7.89. The molecule has 6 heteroatoms. The molecule has 3 aromatic rings. The molecule has 0 aliphatic carbocycles. The molecule has 1 unspecified atom stereocenters. The fourth-order valence-electron chi connectivity index (χ4n) is 2.94. The minimum Gasteiger partial charge on any atom is -0.439 e. The van der Waals surface area contributed by atoms with Crippen molar-refractivity contribution in [3.63, 3.8) is 0 Å². The quantitative estimate of drug-likeness (QED) is 0.721. The lowest BCUT2D eigenvalue weighted by Gasteiger charge is -2.25. The van der Waals surface area contributed by atoms with Crippen LogP contribution in [0.25, 0.3) is 10.9 Å². The van der Waals surface area contributed by atoms with E-state index in [1.807, 2.05) is 35.0 Å². The Balaban J connectivity index is 2.11. The maximum Gasteiger partial charge on any atom is 0.256 e. The van der Waals surface area contributed by atoms with E-state index in [1.165, 1.54) is 11.3 Å². The lowest BCUT2D eigenvalue weighted by Crippen LogP contribution is -2.27. The first-order valence-electron chi connectivity index (χ1n) is 6.95. The molecule has 3 heterocycles. The SMILES string of the molecule is N#CC1=C(N)Oc2c(c(=O)[nH]c3ccccc23)C1c1ccsc1. The van der Waals surface area contributed by atoms with Gasteiger partial charge in [-0.1, -0.05) is 12.1 Å². The Kier molecular flexibility index (Phi) is 2.96. The third kappa shape index (κ3) is 1.94. The van der Waals surface area contributed by atoms with Gasteiger partial charge in [0.25, 0.3) is 5.56 Å². The number of benzene rings is 1. The van der Waals surface area contributed by atoms with E-state index in [-0.39, 0.29) is 17.0 Å². The minimum absolute atomic E-state index is 0.0481. The number of nitrogens with one attached hydrogen (secondary N) is 1. The molecule has 4 rings (SSSR count). The number of nitrogens with two attached hydrogens (primary N) is 1. The molecule has 23 heavy (non-hydrogen) atoms. The van der Waals surface area contributed by atoms with Crippen LogP contribution in [0.15, 0.2) is 57.3 Å². The summed E-state index contributed by atoms with van der Waals surface area (Å²) in [5, 5.41) is 14.1. The van der Waals surface area contributed by atoms with Gasteiger partial charge < -0.3 is 15.5 Å². The van der Waals surface area contributed by atoms with E-state index in [1.54, 1.807) is 6.07 Å². The van der Waals surface area contributed by atoms with Gasteiger partial charge in [-0.15, -0.1) is 0 Å². The number of pyridine rings is 1. The molecule has 0 radical (unpaired) electrons. The summed E-state index contributed by atoms with van der Waals surface area (Å²) in [5.74, 6) is -0.0349. The Bertz CT molecular complexity index is 1040. The zero-order chi connectivity index (χ0) is 16.0. The second-order valence-corrected chi connectivity index (χ2v) is 6.00. The third-order valence-electron chi connectivity index (χ3n) is 3.96. The van der Waals surface area contributed by atoms with Gasteiger partial charge in [0.05, 0.1) is 17.0 Å². The van der Waals surface area contributed by atoms with Crippen LogP contribution in [0.2, 0.25) is 0 Å². The van der Waals surface area contributed by atoms with Gasteiger partial charge in [-0.25, -0.2) is 0 Å². The highest BCUT2D eigenvalue weighted by atomic mass is 32.1. The number of hydrogen-bond donors (Lipinski definition) is 2. The molecule has 0 fully saturated rings. The van der Waals surface area contributed by atoms with Crippen molar-refractivity contribution in [3.8, 4) is 11.8 Å². The predicted molar refractivity (Wildman–Crippen MR) is 88.2 cm³/mol. The largest absolute Gasteiger partial charge is 0.439 e. The first-order chi connectivity index (χ1) is 11.2. The van der Waals surface area contributed by atoms with Crippen molar-refractivity contribution in [2.24, 2.45) is 5.73 Å². The molecule has 0 saturated heterocycles. The molecule has 2 aromatic heterocycles. The molecule has 1 aliphatic rings. The predicted octanol–water partition coefficient (Wildman–Crippen LogP) is 2.81. The van der Waals surface area contributed by atoms with Gasteiger partial charge in [0.2, 0.25) is 5.88 Å².